The van der Waals surface area contributed by atoms with Crippen molar-refractivity contribution in [2.45, 2.75) is 32.2 Å². The van der Waals surface area contributed by atoms with Crippen LogP contribution in [0.15, 0.2) is 18.2 Å². The summed E-state index contributed by atoms with van der Waals surface area (Å²) in [6.45, 7) is 2.13. The third-order valence-electron chi connectivity index (χ3n) is 3.87. The molecule has 0 aliphatic heterocycles. The zero-order chi connectivity index (χ0) is 15.4. The van der Waals surface area contributed by atoms with Gasteiger partial charge in [-0.05, 0) is 30.9 Å². The number of ether oxygens (including phenoxy) is 1. The lowest BCUT2D eigenvalue weighted by Gasteiger charge is -2.18. The van der Waals surface area contributed by atoms with Gasteiger partial charge in [-0.2, -0.15) is 0 Å². The van der Waals surface area contributed by atoms with Gasteiger partial charge in [-0.15, -0.1) is 0 Å². The Hall–Kier alpha value is -2.24. The number of amides is 2. The van der Waals surface area contributed by atoms with Gasteiger partial charge in [0.2, 0.25) is 0 Å². The van der Waals surface area contributed by atoms with Crippen LogP contribution >= 0.6 is 0 Å². The maximum Gasteiger partial charge on any atom is 0.339 e. The summed E-state index contributed by atoms with van der Waals surface area (Å²) in [5.41, 5.74) is 0.563. The van der Waals surface area contributed by atoms with E-state index >= 15 is 0 Å². The number of rotatable bonds is 4. The second-order valence-corrected chi connectivity index (χ2v) is 5.33. The van der Waals surface area contributed by atoms with Gasteiger partial charge in [0.1, 0.15) is 11.3 Å². The highest BCUT2D eigenvalue weighted by Crippen LogP contribution is 2.25. The van der Waals surface area contributed by atoms with Gasteiger partial charge in [0, 0.05) is 17.8 Å². The summed E-state index contributed by atoms with van der Waals surface area (Å²) in [7, 11) is 1.39. The minimum Gasteiger partial charge on any atom is -0.496 e. The highest BCUT2D eigenvalue weighted by atomic mass is 16.5. The third kappa shape index (κ3) is 3.65. The summed E-state index contributed by atoms with van der Waals surface area (Å²) in [6, 6.07) is 4.38. The summed E-state index contributed by atoms with van der Waals surface area (Å²) in [5.74, 6) is -0.364. The smallest absolute Gasteiger partial charge is 0.339 e. The highest BCUT2D eigenvalue weighted by Gasteiger charge is 2.24. The predicted octanol–water partition coefficient (Wildman–Crippen LogP) is 2.70. The lowest BCUT2D eigenvalue weighted by molar-refractivity contribution is 0.0693. The number of carbonyl (C=O) groups excluding carboxylic acids is 1. The summed E-state index contributed by atoms with van der Waals surface area (Å²) >= 11 is 0. The Morgan fingerprint density at radius 3 is 2.67 bits per heavy atom. The molecule has 1 fully saturated rings. The van der Waals surface area contributed by atoms with Crippen LogP contribution in [-0.4, -0.2) is 30.3 Å². The molecule has 2 amide bonds. The van der Waals surface area contributed by atoms with Crippen molar-refractivity contribution < 1.29 is 19.4 Å². The molecule has 6 heteroatoms. The van der Waals surface area contributed by atoms with Crippen molar-refractivity contribution in [1.29, 1.82) is 0 Å². The lowest BCUT2D eigenvalue weighted by Crippen LogP contribution is -2.39. The van der Waals surface area contributed by atoms with Crippen LogP contribution in [0.25, 0.3) is 0 Å². The summed E-state index contributed by atoms with van der Waals surface area (Å²) < 4.78 is 5.03. The van der Waals surface area contributed by atoms with Crippen molar-refractivity contribution in [2.24, 2.45) is 5.92 Å². The first kappa shape index (κ1) is 15.2. The Bertz CT molecular complexity index is 544. The van der Waals surface area contributed by atoms with Crippen LogP contribution in [0.5, 0.6) is 5.75 Å². The molecule has 114 valence electrons. The topological polar surface area (TPSA) is 87.7 Å². The Labute approximate surface area is 123 Å². The van der Waals surface area contributed by atoms with Gasteiger partial charge in [0.05, 0.1) is 7.11 Å². The Balaban J connectivity index is 2.02. The van der Waals surface area contributed by atoms with Gasteiger partial charge in [0.15, 0.2) is 0 Å². The number of methoxy groups -OCH3 is 1. The van der Waals surface area contributed by atoms with Crippen LogP contribution in [0.4, 0.5) is 10.5 Å². The van der Waals surface area contributed by atoms with E-state index in [-0.39, 0.29) is 23.4 Å². The van der Waals surface area contributed by atoms with Crippen molar-refractivity contribution >= 4 is 17.7 Å². The molecule has 0 radical (unpaired) electrons. The maximum atomic E-state index is 12.0. The highest BCUT2D eigenvalue weighted by molar-refractivity contribution is 5.94. The van der Waals surface area contributed by atoms with Crippen LogP contribution in [0, 0.1) is 5.92 Å². The fourth-order valence-corrected chi connectivity index (χ4v) is 2.64. The van der Waals surface area contributed by atoms with E-state index in [1.807, 2.05) is 0 Å². The van der Waals surface area contributed by atoms with E-state index < -0.39 is 5.97 Å². The molecule has 1 aromatic carbocycles. The Morgan fingerprint density at radius 2 is 2.10 bits per heavy atom. The zero-order valence-electron chi connectivity index (χ0n) is 12.2. The molecule has 3 N–H and O–H groups in total. The van der Waals surface area contributed by atoms with Gasteiger partial charge in [0.25, 0.3) is 0 Å². The SMILES string of the molecule is COc1cc(NC(=O)NC2CCCC2C)ccc1C(=O)O. The maximum absolute atomic E-state index is 12.0. The molecule has 0 heterocycles. The number of nitrogens with one attached hydrogen (secondary N) is 2. The minimum absolute atomic E-state index is 0.0628. The second kappa shape index (κ2) is 6.47. The number of aromatic carboxylic acids is 1. The average Bonchev–Trinajstić information content (AvgIpc) is 2.83. The Kier molecular flexibility index (Phi) is 4.67. The van der Waals surface area contributed by atoms with Crippen molar-refractivity contribution in [3.05, 3.63) is 23.8 Å². The summed E-state index contributed by atoms with van der Waals surface area (Å²) in [6.07, 6.45) is 3.26. The fraction of sp³-hybridized carbons (Fsp3) is 0.467. The van der Waals surface area contributed by atoms with Crippen LogP contribution in [0.3, 0.4) is 0 Å². The fourth-order valence-electron chi connectivity index (χ4n) is 2.64. The quantitative estimate of drug-likeness (QED) is 0.796. The van der Waals surface area contributed by atoms with E-state index in [4.69, 9.17) is 9.84 Å². The lowest BCUT2D eigenvalue weighted by atomic mass is 10.1. The molecule has 0 aromatic heterocycles. The van der Waals surface area contributed by atoms with Gasteiger partial charge < -0.3 is 20.5 Å². The molecule has 2 rings (SSSR count). The molecule has 0 saturated heterocycles. The van der Waals surface area contributed by atoms with E-state index in [9.17, 15) is 9.59 Å². The molecular weight excluding hydrogens is 272 g/mol. The van der Waals surface area contributed by atoms with Crippen molar-refractivity contribution in [3.63, 3.8) is 0 Å². The van der Waals surface area contributed by atoms with Gasteiger partial charge in [-0.1, -0.05) is 13.3 Å². The number of anilines is 1. The first-order chi connectivity index (χ1) is 10.0. The van der Waals surface area contributed by atoms with Crippen molar-refractivity contribution in [2.75, 3.05) is 12.4 Å². The number of benzene rings is 1. The van der Waals surface area contributed by atoms with Crippen LogP contribution in [-0.2, 0) is 0 Å². The number of urea groups is 1. The number of carbonyl (C=O) groups is 2. The molecule has 6 nitrogen and oxygen atoms in total. The molecule has 0 spiro atoms. The molecule has 0 bridgehead atoms. The predicted molar refractivity (Wildman–Crippen MR) is 78.9 cm³/mol. The van der Waals surface area contributed by atoms with E-state index in [1.165, 1.54) is 19.2 Å². The molecule has 1 aromatic rings. The molecular formula is C15H20N2O4. The van der Waals surface area contributed by atoms with Crippen LogP contribution in [0.1, 0.15) is 36.5 Å². The second-order valence-electron chi connectivity index (χ2n) is 5.33. The molecule has 1 saturated carbocycles. The minimum atomic E-state index is -1.07. The summed E-state index contributed by atoms with van der Waals surface area (Å²) in [4.78, 5) is 23.0. The van der Waals surface area contributed by atoms with Crippen molar-refractivity contribution in [1.82, 2.24) is 5.32 Å². The molecule has 2 atom stereocenters. The van der Waals surface area contributed by atoms with E-state index in [2.05, 4.69) is 17.6 Å². The molecule has 1 aliphatic rings. The molecule has 1 aliphatic carbocycles. The van der Waals surface area contributed by atoms with Gasteiger partial charge in [-0.25, -0.2) is 9.59 Å². The molecule has 2 unspecified atom stereocenters. The monoisotopic (exact) mass is 292 g/mol. The van der Waals surface area contributed by atoms with E-state index in [0.717, 1.165) is 19.3 Å². The number of hydrogen-bond acceptors (Lipinski definition) is 3. The zero-order valence-corrected chi connectivity index (χ0v) is 12.2. The number of carboxylic acid groups (broad SMARTS) is 1. The number of carboxylic acids is 1. The van der Waals surface area contributed by atoms with Crippen LogP contribution < -0.4 is 15.4 Å². The first-order valence-corrected chi connectivity index (χ1v) is 7.00. The first-order valence-electron chi connectivity index (χ1n) is 7.00. The largest absolute Gasteiger partial charge is 0.496 e. The Morgan fingerprint density at radius 1 is 1.33 bits per heavy atom. The van der Waals surface area contributed by atoms with E-state index in [1.54, 1.807) is 6.07 Å². The normalized spacial score (nSPS) is 20.9. The average molecular weight is 292 g/mol. The van der Waals surface area contributed by atoms with Crippen LogP contribution in [0.2, 0.25) is 0 Å². The van der Waals surface area contributed by atoms with E-state index in [0.29, 0.717) is 11.6 Å². The molecule has 21 heavy (non-hydrogen) atoms. The van der Waals surface area contributed by atoms with Crippen molar-refractivity contribution in [3.8, 4) is 5.75 Å². The van der Waals surface area contributed by atoms with Gasteiger partial charge >= 0.3 is 12.0 Å². The standard InChI is InChI=1S/C15H20N2O4/c1-9-4-3-5-12(9)17-15(20)16-10-6-7-11(14(18)19)13(8-10)21-2/h6-9,12H,3-5H2,1-2H3,(H,18,19)(H2,16,17,20). The summed E-state index contributed by atoms with van der Waals surface area (Å²) in [5, 5.41) is 14.7. The number of hydrogen-bond donors (Lipinski definition) is 3. The third-order valence-corrected chi connectivity index (χ3v) is 3.87. The van der Waals surface area contributed by atoms with Gasteiger partial charge in [-0.3, -0.25) is 0 Å².